The molecule has 0 amide bonds. The third kappa shape index (κ3) is 3.09. The maximum absolute atomic E-state index is 6.13. The SMILES string of the molecule is Nc1cc(Br)ccc1-c1nc(Cc2ccccc2Cl)no1. The first-order valence-corrected chi connectivity index (χ1v) is 7.42. The Morgan fingerprint density at radius 1 is 1.19 bits per heavy atom. The fraction of sp³-hybridized carbons (Fsp3) is 0.0667. The summed E-state index contributed by atoms with van der Waals surface area (Å²) in [6.45, 7) is 0. The Hall–Kier alpha value is -1.85. The Morgan fingerprint density at radius 3 is 2.76 bits per heavy atom. The van der Waals surface area contributed by atoms with Crippen LogP contribution < -0.4 is 5.73 Å². The summed E-state index contributed by atoms with van der Waals surface area (Å²) >= 11 is 9.49. The first-order chi connectivity index (χ1) is 10.1. The van der Waals surface area contributed by atoms with Crippen LogP contribution in [0, 0.1) is 0 Å². The van der Waals surface area contributed by atoms with Crippen LogP contribution in [-0.2, 0) is 6.42 Å². The van der Waals surface area contributed by atoms with Gasteiger partial charge >= 0.3 is 0 Å². The van der Waals surface area contributed by atoms with Gasteiger partial charge in [-0.1, -0.05) is 50.9 Å². The number of nitrogens with zero attached hydrogens (tertiary/aromatic N) is 2. The summed E-state index contributed by atoms with van der Waals surface area (Å²) in [6.07, 6.45) is 0.513. The van der Waals surface area contributed by atoms with Gasteiger partial charge in [0.15, 0.2) is 5.82 Å². The monoisotopic (exact) mass is 363 g/mol. The van der Waals surface area contributed by atoms with Gasteiger partial charge in [0.2, 0.25) is 0 Å². The van der Waals surface area contributed by atoms with E-state index in [-0.39, 0.29) is 0 Å². The molecule has 2 aromatic carbocycles. The predicted octanol–water partition coefficient (Wildman–Crippen LogP) is 4.33. The minimum absolute atomic E-state index is 0.405. The van der Waals surface area contributed by atoms with Crippen molar-refractivity contribution in [3.8, 4) is 11.5 Å². The summed E-state index contributed by atoms with van der Waals surface area (Å²) in [5.41, 5.74) is 8.21. The van der Waals surface area contributed by atoms with Crippen LogP contribution in [0.15, 0.2) is 51.5 Å². The topological polar surface area (TPSA) is 64.9 Å². The highest BCUT2D eigenvalue weighted by Crippen LogP contribution is 2.28. The van der Waals surface area contributed by atoms with Crippen LogP contribution in [0.3, 0.4) is 0 Å². The summed E-state index contributed by atoms with van der Waals surface area (Å²) < 4.78 is 6.19. The summed E-state index contributed by atoms with van der Waals surface area (Å²) in [5, 5.41) is 4.67. The van der Waals surface area contributed by atoms with Crippen molar-refractivity contribution in [1.82, 2.24) is 10.1 Å². The number of benzene rings is 2. The van der Waals surface area contributed by atoms with Crippen LogP contribution in [0.5, 0.6) is 0 Å². The lowest BCUT2D eigenvalue weighted by Gasteiger charge is -2.00. The lowest BCUT2D eigenvalue weighted by atomic mass is 10.1. The molecule has 4 nitrogen and oxygen atoms in total. The molecule has 0 aliphatic heterocycles. The third-order valence-corrected chi connectivity index (χ3v) is 3.88. The lowest BCUT2D eigenvalue weighted by Crippen LogP contribution is -1.93. The molecule has 0 saturated heterocycles. The molecule has 0 bridgehead atoms. The summed E-state index contributed by atoms with van der Waals surface area (Å²) in [6, 6.07) is 13.1. The molecule has 0 radical (unpaired) electrons. The first-order valence-electron chi connectivity index (χ1n) is 6.25. The van der Waals surface area contributed by atoms with Gasteiger partial charge in [-0.15, -0.1) is 0 Å². The molecule has 1 aromatic heterocycles. The van der Waals surface area contributed by atoms with Gasteiger partial charge in [-0.25, -0.2) is 0 Å². The van der Waals surface area contributed by atoms with E-state index < -0.39 is 0 Å². The smallest absolute Gasteiger partial charge is 0.260 e. The maximum atomic E-state index is 6.13. The molecule has 0 aliphatic rings. The highest BCUT2D eigenvalue weighted by Gasteiger charge is 2.13. The molecule has 0 unspecified atom stereocenters. The number of nitrogens with two attached hydrogens (primary N) is 1. The van der Waals surface area contributed by atoms with Crippen LogP contribution in [0.1, 0.15) is 11.4 Å². The number of anilines is 1. The second-order valence-electron chi connectivity index (χ2n) is 4.52. The molecule has 6 heteroatoms. The average Bonchev–Trinajstić information content (AvgIpc) is 2.90. The molecule has 2 N–H and O–H groups in total. The summed E-state index contributed by atoms with van der Waals surface area (Å²) in [4.78, 5) is 4.38. The molecule has 3 aromatic rings. The van der Waals surface area contributed by atoms with Crippen LogP contribution in [-0.4, -0.2) is 10.1 Å². The van der Waals surface area contributed by atoms with Crippen molar-refractivity contribution < 1.29 is 4.52 Å². The van der Waals surface area contributed by atoms with E-state index in [1.807, 2.05) is 36.4 Å². The Balaban J connectivity index is 1.88. The molecular weight excluding hydrogens is 354 g/mol. The highest BCUT2D eigenvalue weighted by atomic mass is 79.9. The molecular formula is C15H11BrClN3O. The van der Waals surface area contributed by atoms with Gasteiger partial charge in [0.25, 0.3) is 5.89 Å². The predicted molar refractivity (Wildman–Crippen MR) is 86.1 cm³/mol. The number of nitrogen functional groups attached to an aromatic ring is 1. The van der Waals surface area contributed by atoms with E-state index in [0.717, 1.165) is 15.6 Å². The van der Waals surface area contributed by atoms with Crippen LogP contribution in [0.25, 0.3) is 11.5 Å². The zero-order valence-corrected chi connectivity index (χ0v) is 13.2. The van der Waals surface area contributed by atoms with Crippen molar-refractivity contribution in [2.24, 2.45) is 0 Å². The Labute approximate surface area is 135 Å². The van der Waals surface area contributed by atoms with Gasteiger partial charge in [0.05, 0.1) is 5.56 Å². The Kier molecular flexibility index (Phi) is 3.94. The van der Waals surface area contributed by atoms with Crippen molar-refractivity contribution in [3.05, 3.63) is 63.3 Å². The van der Waals surface area contributed by atoms with Gasteiger partial charge in [-0.3, -0.25) is 0 Å². The zero-order valence-electron chi connectivity index (χ0n) is 10.9. The van der Waals surface area contributed by atoms with Crippen molar-refractivity contribution >= 4 is 33.2 Å². The average molecular weight is 365 g/mol. The molecule has 0 fully saturated rings. The molecule has 0 spiro atoms. The zero-order chi connectivity index (χ0) is 14.8. The van der Waals surface area contributed by atoms with Gasteiger partial charge in [-0.2, -0.15) is 4.98 Å². The molecule has 0 saturated carbocycles. The van der Waals surface area contributed by atoms with E-state index in [4.69, 9.17) is 21.9 Å². The number of rotatable bonds is 3. The van der Waals surface area contributed by atoms with Crippen LogP contribution in [0.4, 0.5) is 5.69 Å². The normalized spacial score (nSPS) is 10.8. The van der Waals surface area contributed by atoms with Gasteiger partial charge in [-0.05, 0) is 29.8 Å². The van der Waals surface area contributed by atoms with E-state index in [9.17, 15) is 0 Å². The lowest BCUT2D eigenvalue weighted by molar-refractivity contribution is 0.424. The second-order valence-corrected chi connectivity index (χ2v) is 5.84. The fourth-order valence-electron chi connectivity index (χ4n) is 1.98. The molecule has 3 rings (SSSR count). The van der Waals surface area contributed by atoms with E-state index in [0.29, 0.717) is 28.8 Å². The Morgan fingerprint density at radius 2 is 2.00 bits per heavy atom. The van der Waals surface area contributed by atoms with Crippen molar-refractivity contribution in [1.29, 1.82) is 0 Å². The van der Waals surface area contributed by atoms with E-state index in [1.54, 1.807) is 6.07 Å². The van der Waals surface area contributed by atoms with Crippen molar-refractivity contribution in [3.63, 3.8) is 0 Å². The fourth-order valence-corrected chi connectivity index (χ4v) is 2.56. The first kappa shape index (κ1) is 14.1. The second kappa shape index (κ2) is 5.87. The number of aromatic nitrogens is 2. The van der Waals surface area contributed by atoms with Gasteiger partial charge in [0.1, 0.15) is 0 Å². The molecule has 0 aliphatic carbocycles. The minimum Gasteiger partial charge on any atom is -0.398 e. The number of halogens is 2. The maximum Gasteiger partial charge on any atom is 0.260 e. The standard InChI is InChI=1S/C15H11BrClN3O/c16-10-5-6-11(13(18)8-10)15-19-14(20-21-15)7-9-3-1-2-4-12(9)17/h1-6,8H,7,18H2. The van der Waals surface area contributed by atoms with Crippen LogP contribution in [0.2, 0.25) is 5.02 Å². The van der Waals surface area contributed by atoms with Crippen molar-refractivity contribution in [2.75, 3.05) is 5.73 Å². The quantitative estimate of drug-likeness (QED) is 0.703. The van der Waals surface area contributed by atoms with E-state index >= 15 is 0 Å². The molecule has 0 atom stereocenters. The summed E-state index contributed by atoms with van der Waals surface area (Å²) in [5.74, 6) is 0.975. The van der Waals surface area contributed by atoms with E-state index in [2.05, 4.69) is 26.1 Å². The molecule has 21 heavy (non-hydrogen) atoms. The number of hydrogen-bond donors (Lipinski definition) is 1. The Bertz CT molecular complexity index is 788. The van der Waals surface area contributed by atoms with Gasteiger partial charge in [0, 0.05) is 21.6 Å². The summed E-state index contributed by atoms with van der Waals surface area (Å²) in [7, 11) is 0. The third-order valence-electron chi connectivity index (χ3n) is 3.02. The largest absolute Gasteiger partial charge is 0.398 e. The van der Waals surface area contributed by atoms with Gasteiger partial charge < -0.3 is 10.3 Å². The number of hydrogen-bond acceptors (Lipinski definition) is 4. The molecule has 1 heterocycles. The molecule has 106 valence electrons. The minimum atomic E-state index is 0.405. The van der Waals surface area contributed by atoms with Crippen molar-refractivity contribution in [2.45, 2.75) is 6.42 Å². The van der Waals surface area contributed by atoms with Crippen LogP contribution >= 0.6 is 27.5 Å². The highest BCUT2D eigenvalue weighted by molar-refractivity contribution is 9.10. The van der Waals surface area contributed by atoms with E-state index in [1.165, 1.54) is 0 Å².